The van der Waals surface area contributed by atoms with Crippen molar-refractivity contribution >= 4 is 34.7 Å². The molecule has 0 bridgehead atoms. The first-order chi connectivity index (χ1) is 17.7. The molecule has 0 saturated heterocycles. The summed E-state index contributed by atoms with van der Waals surface area (Å²) in [5.74, 6) is -0.427. The molecule has 0 aliphatic rings. The molecule has 1 aromatic carbocycles. The summed E-state index contributed by atoms with van der Waals surface area (Å²) < 4.78 is 11.8. The third-order valence-electron chi connectivity index (χ3n) is 5.46. The fourth-order valence-corrected chi connectivity index (χ4v) is 3.78. The van der Waals surface area contributed by atoms with Crippen molar-refractivity contribution in [2.75, 3.05) is 12.4 Å². The number of anilines is 1. The van der Waals surface area contributed by atoms with Crippen molar-refractivity contribution in [1.29, 1.82) is 0 Å². The Bertz CT molecular complexity index is 1360. The molecule has 3 rings (SSSR count). The zero-order valence-electron chi connectivity index (χ0n) is 21.0. The molecule has 0 saturated carbocycles. The van der Waals surface area contributed by atoms with E-state index in [1.165, 1.54) is 29.9 Å². The van der Waals surface area contributed by atoms with E-state index >= 15 is 0 Å². The highest BCUT2D eigenvalue weighted by molar-refractivity contribution is 5.96. The number of pyridine rings is 1. The van der Waals surface area contributed by atoms with Crippen LogP contribution in [0.1, 0.15) is 38.1 Å². The second kappa shape index (κ2) is 12.5. The number of carbonyl (C=O) groups excluding carboxylic acids is 3. The van der Waals surface area contributed by atoms with Crippen LogP contribution < -0.4 is 21.9 Å². The van der Waals surface area contributed by atoms with E-state index in [0.29, 0.717) is 17.4 Å². The number of ether oxygens (including phenoxy) is 1. The summed E-state index contributed by atoms with van der Waals surface area (Å²) >= 11 is 0. The van der Waals surface area contributed by atoms with Crippen LogP contribution >= 0.6 is 0 Å². The number of methoxy groups -OCH3 is 1. The van der Waals surface area contributed by atoms with E-state index in [1.807, 2.05) is 18.2 Å². The molecular weight excluding hydrogens is 478 g/mol. The van der Waals surface area contributed by atoms with Crippen molar-refractivity contribution < 1.29 is 23.5 Å². The summed E-state index contributed by atoms with van der Waals surface area (Å²) in [7, 11) is 1.17. The molecule has 0 spiro atoms. The maximum Gasteiger partial charge on any atom is 0.407 e. The Labute approximate surface area is 213 Å². The molecule has 11 heteroatoms. The second-order valence-corrected chi connectivity index (χ2v) is 8.88. The predicted octanol–water partition coefficient (Wildman–Crippen LogP) is 2.72. The highest BCUT2D eigenvalue weighted by atomic mass is 16.5. The molecule has 1 atom stereocenters. The maximum absolute atomic E-state index is 13.1. The molecule has 11 nitrogen and oxygen atoms in total. The number of oxazole rings is 1. The average molecular weight is 510 g/mol. The van der Waals surface area contributed by atoms with E-state index < -0.39 is 29.5 Å². The van der Waals surface area contributed by atoms with Gasteiger partial charge in [0, 0.05) is 6.20 Å². The smallest absolute Gasteiger partial charge is 0.407 e. The van der Waals surface area contributed by atoms with E-state index in [-0.39, 0.29) is 25.1 Å². The van der Waals surface area contributed by atoms with E-state index in [2.05, 4.69) is 34.2 Å². The van der Waals surface area contributed by atoms with Crippen molar-refractivity contribution in [2.24, 2.45) is 11.7 Å². The van der Waals surface area contributed by atoms with Crippen LogP contribution in [0.25, 0.3) is 11.1 Å². The van der Waals surface area contributed by atoms with Gasteiger partial charge in [0.05, 0.1) is 7.11 Å². The van der Waals surface area contributed by atoms with Crippen molar-refractivity contribution in [3.8, 4) is 0 Å². The summed E-state index contributed by atoms with van der Waals surface area (Å²) in [6.45, 7) is 4.32. The highest BCUT2D eigenvalue weighted by Gasteiger charge is 2.22. The minimum absolute atomic E-state index is 0.0217. The minimum atomic E-state index is -1.02. The monoisotopic (exact) mass is 509 g/mol. The number of rotatable bonds is 11. The van der Waals surface area contributed by atoms with E-state index in [0.717, 1.165) is 17.5 Å². The van der Waals surface area contributed by atoms with Crippen LogP contribution in [0.5, 0.6) is 0 Å². The fourth-order valence-electron chi connectivity index (χ4n) is 3.78. The lowest BCUT2D eigenvalue weighted by Gasteiger charge is -2.17. The van der Waals surface area contributed by atoms with Crippen LogP contribution in [-0.2, 0) is 27.3 Å². The lowest BCUT2D eigenvalue weighted by molar-refractivity contribution is -0.118. The Morgan fingerprint density at radius 3 is 2.70 bits per heavy atom. The molecule has 196 valence electrons. The number of aromatic nitrogens is 2. The van der Waals surface area contributed by atoms with Crippen LogP contribution in [0.3, 0.4) is 0 Å². The van der Waals surface area contributed by atoms with E-state index in [1.54, 1.807) is 12.3 Å². The van der Waals surface area contributed by atoms with Crippen molar-refractivity contribution in [1.82, 2.24) is 14.9 Å². The molecule has 4 N–H and O–H groups in total. The molecule has 2 heterocycles. The van der Waals surface area contributed by atoms with Gasteiger partial charge in [-0.2, -0.15) is 0 Å². The third-order valence-corrected chi connectivity index (χ3v) is 5.46. The van der Waals surface area contributed by atoms with Gasteiger partial charge < -0.3 is 30.1 Å². The average Bonchev–Trinajstić information content (AvgIpc) is 3.26. The van der Waals surface area contributed by atoms with Crippen LogP contribution in [0.15, 0.2) is 57.9 Å². The Hall–Kier alpha value is -4.41. The maximum atomic E-state index is 13.1. The number of carbonyl (C=O) groups is 3. The number of fused-ring (bicyclic) bond motifs is 1. The van der Waals surface area contributed by atoms with Gasteiger partial charge in [0.15, 0.2) is 5.58 Å². The lowest BCUT2D eigenvalue weighted by Crippen LogP contribution is -2.44. The van der Waals surface area contributed by atoms with Gasteiger partial charge in [-0.15, -0.1) is 0 Å². The van der Waals surface area contributed by atoms with Gasteiger partial charge in [-0.1, -0.05) is 32.1 Å². The first kappa shape index (κ1) is 27.2. The van der Waals surface area contributed by atoms with Crippen LogP contribution in [-0.4, -0.2) is 40.6 Å². The molecule has 0 aliphatic heterocycles. The van der Waals surface area contributed by atoms with Crippen molar-refractivity contribution in [2.45, 2.75) is 45.7 Å². The normalized spacial score (nSPS) is 12.1. The fraction of sp³-hybridized carbons (Fsp3) is 0.346. The molecule has 3 amide bonds. The van der Waals surface area contributed by atoms with Gasteiger partial charge in [0.2, 0.25) is 17.7 Å². The number of para-hydroxylation sites is 1. The van der Waals surface area contributed by atoms with Gasteiger partial charge in [-0.25, -0.2) is 9.78 Å². The molecule has 2 aromatic heterocycles. The summed E-state index contributed by atoms with van der Waals surface area (Å²) in [5, 5.41) is 4.99. The number of hydrogen-bond donors (Lipinski definition) is 3. The zero-order valence-corrected chi connectivity index (χ0v) is 21.0. The van der Waals surface area contributed by atoms with Crippen LogP contribution in [0.2, 0.25) is 0 Å². The molecular formula is C26H31N5O6. The van der Waals surface area contributed by atoms with Crippen molar-refractivity contribution in [3.05, 3.63) is 70.5 Å². The highest BCUT2D eigenvalue weighted by Crippen LogP contribution is 2.22. The van der Waals surface area contributed by atoms with Crippen LogP contribution in [0.4, 0.5) is 10.5 Å². The summed E-state index contributed by atoms with van der Waals surface area (Å²) in [6.07, 6.45) is 4.70. The third kappa shape index (κ3) is 7.53. The molecule has 0 aliphatic carbocycles. The van der Waals surface area contributed by atoms with Gasteiger partial charge in [0.1, 0.15) is 23.8 Å². The first-order valence-corrected chi connectivity index (χ1v) is 11.9. The standard InChI is InChI=1S/C26H31N5O6/c1-16(2)14-17-8-6-11-20-23(17)30-22(37-20)15-31-13-7-10-19(25(31)34)28-24(33)18(29-26(35)36-3)9-4-5-12-21(27)32/h5-8,10-13,16,18H,4,9,14-15H2,1-3H3,(H2,27,32)(H,28,33)(H,29,35)/b12-5+. The summed E-state index contributed by atoms with van der Waals surface area (Å²) in [4.78, 5) is 53.1. The number of benzene rings is 1. The SMILES string of the molecule is COC(=O)NC(CC/C=C/C(N)=O)C(=O)Nc1cccn(Cc2nc3c(CC(C)C)cccc3o2)c1=O. The Morgan fingerprint density at radius 2 is 2.00 bits per heavy atom. The number of hydrogen-bond acceptors (Lipinski definition) is 7. The van der Waals surface area contributed by atoms with Gasteiger partial charge in [-0.05, 0) is 55.0 Å². The number of amides is 3. The Morgan fingerprint density at radius 1 is 1.22 bits per heavy atom. The second-order valence-electron chi connectivity index (χ2n) is 8.88. The number of primary amides is 1. The van der Waals surface area contributed by atoms with Gasteiger partial charge >= 0.3 is 6.09 Å². The molecule has 37 heavy (non-hydrogen) atoms. The van der Waals surface area contributed by atoms with Crippen molar-refractivity contribution in [3.63, 3.8) is 0 Å². The van der Waals surface area contributed by atoms with E-state index in [4.69, 9.17) is 10.2 Å². The number of nitrogens with zero attached hydrogens (tertiary/aromatic N) is 2. The van der Waals surface area contributed by atoms with Gasteiger partial charge in [-0.3, -0.25) is 14.4 Å². The summed E-state index contributed by atoms with van der Waals surface area (Å²) in [5.41, 5.74) is 7.11. The summed E-state index contributed by atoms with van der Waals surface area (Å²) in [6, 6.07) is 7.82. The molecule has 0 radical (unpaired) electrons. The predicted molar refractivity (Wildman–Crippen MR) is 138 cm³/mol. The van der Waals surface area contributed by atoms with Gasteiger partial charge in [0.25, 0.3) is 5.56 Å². The minimum Gasteiger partial charge on any atom is -0.453 e. The van der Waals surface area contributed by atoms with Crippen LogP contribution in [0, 0.1) is 5.92 Å². The number of allylic oxidation sites excluding steroid dienone is 1. The quantitative estimate of drug-likeness (QED) is 0.335. The Balaban J connectivity index is 1.78. The zero-order chi connectivity index (χ0) is 26.9. The molecule has 0 fully saturated rings. The Kier molecular flexibility index (Phi) is 9.20. The number of alkyl carbamates (subject to hydrolysis) is 1. The number of nitrogens with one attached hydrogen (secondary N) is 2. The molecule has 1 unspecified atom stereocenters. The molecule has 3 aromatic rings. The first-order valence-electron chi connectivity index (χ1n) is 11.9. The topological polar surface area (TPSA) is 159 Å². The lowest BCUT2D eigenvalue weighted by atomic mass is 10.0. The largest absolute Gasteiger partial charge is 0.453 e. The number of nitrogens with two attached hydrogens (primary N) is 1. The van der Waals surface area contributed by atoms with E-state index in [9.17, 15) is 19.2 Å².